The van der Waals surface area contributed by atoms with Crippen LogP contribution in [0, 0.1) is 0 Å². The molecule has 1 N–H and O–H groups in total. The Kier molecular flexibility index (Phi) is 7.99. The minimum Gasteiger partial charge on any atom is -0.481 e. The van der Waals surface area contributed by atoms with Crippen molar-refractivity contribution >= 4 is 88.8 Å². The monoisotopic (exact) mass is 663 g/mol. The van der Waals surface area contributed by atoms with Gasteiger partial charge in [-0.15, -0.1) is 0 Å². The zero-order chi connectivity index (χ0) is 33.3. The molecule has 6 aromatic carbocycles. The number of benzene rings is 6. The first-order valence-corrected chi connectivity index (χ1v) is 16.9. The molecule has 0 saturated carbocycles. The lowest BCUT2D eigenvalue weighted by atomic mass is 9.99. The highest BCUT2D eigenvalue weighted by atomic mass is 32.1. The highest BCUT2D eigenvalue weighted by Gasteiger charge is 2.31. The van der Waals surface area contributed by atoms with E-state index in [0.717, 1.165) is 48.9 Å². The number of thiazole rings is 1. The second-order valence-corrected chi connectivity index (χ2v) is 12.8. The summed E-state index contributed by atoms with van der Waals surface area (Å²) < 4.78 is 15.0. The van der Waals surface area contributed by atoms with Crippen molar-refractivity contribution in [2.75, 3.05) is 18.1 Å². The maximum Gasteiger partial charge on any atom is 0.305 e. The van der Waals surface area contributed by atoms with Gasteiger partial charge in [0.1, 0.15) is 11.3 Å². The molecule has 1 aliphatic rings. The number of hydrogen-bond acceptors (Lipinski definition) is 6. The minimum atomic E-state index is -0.868. The second-order valence-electron chi connectivity index (χ2n) is 11.7. The standard InChI is InChI=1S/C41H30N2O5S/c44-26-47-25-24-43-36(49-41-34-19-11-7-15-30(34)28-13-5-9-17-32(28)39(41)43)21-3-1-2-20-35-42(23-22-37(45)46)38-31-16-8-4-12-27(31)29-14-6-10-18-33(29)40(38)48-35/h1-21,26H,22-25H2/p+1. The number of carbonyl (C=O) groups excluding carboxylic acids is 1. The van der Waals surface area contributed by atoms with Crippen LogP contribution in [0.4, 0.5) is 5.69 Å². The van der Waals surface area contributed by atoms with E-state index in [4.69, 9.17) is 9.47 Å². The van der Waals surface area contributed by atoms with Gasteiger partial charge >= 0.3 is 5.97 Å². The number of carbonyl (C=O) groups is 2. The average molecular weight is 664 g/mol. The molecular formula is C41H31N2O5S+. The van der Waals surface area contributed by atoms with Crippen LogP contribution in [0.25, 0.3) is 59.4 Å². The van der Waals surface area contributed by atoms with Gasteiger partial charge in [0.25, 0.3) is 11.5 Å². The van der Waals surface area contributed by atoms with Crippen LogP contribution in [-0.2, 0) is 20.9 Å². The van der Waals surface area contributed by atoms with Crippen molar-refractivity contribution in [1.29, 1.82) is 0 Å². The summed E-state index contributed by atoms with van der Waals surface area (Å²) in [7, 11) is 0. The number of nitrogens with zero attached hydrogens (tertiary/aromatic N) is 2. The number of fused-ring (bicyclic) bond motifs is 12. The summed E-state index contributed by atoms with van der Waals surface area (Å²) in [5.41, 5.74) is 2.00. The Morgan fingerprint density at radius 1 is 0.776 bits per heavy atom. The van der Waals surface area contributed by atoms with Gasteiger partial charge in [-0.25, -0.2) is 0 Å². The summed E-state index contributed by atoms with van der Waals surface area (Å²) in [6.45, 7) is 1.54. The molecule has 49 heavy (non-hydrogen) atoms. The van der Waals surface area contributed by atoms with Crippen LogP contribution in [0.1, 0.15) is 11.4 Å². The van der Waals surface area contributed by atoms with Crippen LogP contribution in [0.15, 0.2) is 127 Å². The third-order valence-electron chi connectivity index (χ3n) is 8.95. The molecule has 0 saturated heterocycles. The number of rotatable bonds is 10. The van der Waals surface area contributed by atoms with Crippen molar-refractivity contribution in [2.45, 2.75) is 13.0 Å². The molecule has 0 atom stereocenters. The van der Waals surface area contributed by atoms with Crippen molar-refractivity contribution in [1.82, 2.24) is 0 Å². The van der Waals surface area contributed by atoms with E-state index in [9.17, 15) is 14.7 Å². The van der Waals surface area contributed by atoms with E-state index in [1.54, 1.807) is 11.3 Å². The second kappa shape index (κ2) is 12.9. The van der Waals surface area contributed by atoms with E-state index in [1.165, 1.54) is 20.9 Å². The topological polar surface area (TPSA) is 80.0 Å². The normalized spacial score (nSPS) is 13.9. The van der Waals surface area contributed by atoms with Gasteiger partial charge in [-0.3, -0.25) is 9.59 Å². The molecular weight excluding hydrogens is 633 g/mol. The summed E-state index contributed by atoms with van der Waals surface area (Å²) in [5.74, 6) is 0.439. The molecule has 0 fully saturated rings. The lowest BCUT2D eigenvalue weighted by Gasteiger charge is -2.19. The largest absolute Gasteiger partial charge is 0.481 e. The highest BCUT2D eigenvalue weighted by Crippen LogP contribution is 2.49. The number of aromatic nitrogens is 1. The van der Waals surface area contributed by atoms with Crippen LogP contribution >= 0.6 is 11.3 Å². The minimum absolute atomic E-state index is 0.0337. The lowest BCUT2D eigenvalue weighted by molar-refractivity contribution is -0.669. The maximum absolute atomic E-state index is 11.7. The number of aliphatic carboxylic acids is 1. The van der Waals surface area contributed by atoms with Gasteiger partial charge in [-0.05, 0) is 33.7 Å². The zero-order valence-corrected chi connectivity index (χ0v) is 27.2. The fourth-order valence-corrected chi connectivity index (χ4v) is 8.15. The van der Waals surface area contributed by atoms with Gasteiger partial charge < -0.3 is 19.5 Å². The van der Waals surface area contributed by atoms with Gasteiger partial charge in [0, 0.05) is 28.8 Å². The summed E-state index contributed by atoms with van der Waals surface area (Å²) >= 11 is 1.71. The maximum atomic E-state index is 11.7. The lowest BCUT2D eigenvalue weighted by Crippen LogP contribution is -2.37. The molecule has 7 aromatic rings. The third-order valence-corrected chi connectivity index (χ3v) is 10.1. The fraction of sp³-hybridized carbons (Fsp3) is 0.0976. The number of carboxylic acid groups (broad SMARTS) is 1. The van der Waals surface area contributed by atoms with Gasteiger partial charge in [-0.1, -0.05) is 121 Å². The summed E-state index contributed by atoms with van der Waals surface area (Å²) in [4.78, 5) is 24.7. The predicted octanol–water partition coefficient (Wildman–Crippen LogP) is 8.76. The molecule has 0 spiro atoms. The van der Waals surface area contributed by atoms with Crippen molar-refractivity contribution in [3.05, 3.63) is 132 Å². The molecule has 0 amide bonds. The summed E-state index contributed by atoms with van der Waals surface area (Å²) in [6, 6.07) is 33.2. The molecule has 2 heterocycles. The number of hydrogen-bond donors (Lipinski definition) is 1. The van der Waals surface area contributed by atoms with Crippen LogP contribution < -0.4 is 14.2 Å². The van der Waals surface area contributed by atoms with Crippen LogP contribution in [0.3, 0.4) is 0 Å². The number of ether oxygens (including phenoxy) is 2. The van der Waals surface area contributed by atoms with Crippen molar-refractivity contribution in [3.8, 4) is 5.75 Å². The Balaban J connectivity index is 1.18. The smallest absolute Gasteiger partial charge is 0.305 e. The molecule has 240 valence electrons. The van der Waals surface area contributed by atoms with Gasteiger partial charge in [0.2, 0.25) is 11.4 Å². The summed E-state index contributed by atoms with van der Waals surface area (Å²) in [5, 5.41) is 19.5. The Bertz CT molecular complexity index is 2530. The van der Waals surface area contributed by atoms with E-state index < -0.39 is 5.97 Å². The SMILES string of the molecule is O=COCC[n+]1c(/C=C/C=C/C=C2/Oc3c(c4ccccc4c4ccccc34)N2CCC(=O)O)sc2c3ccccc3c3ccccc3c21. The molecule has 7 nitrogen and oxygen atoms in total. The van der Waals surface area contributed by atoms with Gasteiger partial charge in [0.05, 0.1) is 17.5 Å². The Labute approximate surface area is 285 Å². The van der Waals surface area contributed by atoms with E-state index >= 15 is 0 Å². The third kappa shape index (κ3) is 5.36. The van der Waals surface area contributed by atoms with E-state index in [-0.39, 0.29) is 19.6 Å². The molecule has 8 rings (SSSR count). The Morgan fingerprint density at radius 2 is 1.37 bits per heavy atom. The Hall–Kier alpha value is -5.99. The van der Waals surface area contributed by atoms with E-state index in [2.05, 4.69) is 77.4 Å². The molecule has 8 heteroatoms. The highest BCUT2D eigenvalue weighted by molar-refractivity contribution is 7.20. The molecule has 1 aromatic heterocycles. The first kappa shape index (κ1) is 30.4. The molecule has 1 aliphatic heterocycles. The average Bonchev–Trinajstić information content (AvgIpc) is 3.69. The van der Waals surface area contributed by atoms with Crippen LogP contribution in [-0.4, -0.2) is 30.7 Å². The quantitative estimate of drug-likeness (QED) is 0.0518. The number of carboxylic acids is 1. The van der Waals surface area contributed by atoms with E-state index in [0.29, 0.717) is 18.9 Å². The first-order chi connectivity index (χ1) is 24.1. The molecule has 0 unspecified atom stereocenters. The van der Waals surface area contributed by atoms with E-state index in [1.807, 2.05) is 59.5 Å². The van der Waals surface area contributed by atoms with Crippen LogP contribution in [0.2, 0.25) is 0 Å². The predicted molar refractivity (Wildman–Crippen MR) is 197 cm³/mol. The zero-order valence-electron chi connectivity index (χ0n) is 26.4. The van der Waals surface area contributed by atoms with Crippen molar-refractivity contribution < 1.29 is 28.7 Å². The molecule has 0 aliphatic carbocycles. The molecule has 0 radical (unpaired) electrons. The fourth-order valence-electron chi connectivity index (χ4n) is 6.89. The summed E-state index contributed by atoms with van der Waals surface area (Å²) in [6.07, 6.45) is 9.75. The molecule has 0 bridgehead atoms. The van der Waals surface area contributed by atoms with Gasteiger partial charge in [-0.2, -0.15) is 4.57 Å². The first-order valence-electron chi connectivity index (χ1n) is 16.1. The van der Waals surface area contributed by atoms with Gasteiger partial charge in [0.15, 0.2) is 12.3 Å². The number of anilines is 1. The van der Waals surface area contributed by atoms with Crippen molar-refractivity contribution in [2.24, 2.45) is 0 Å². The van der Waals surface area contributed by atoms with Crippen molar-refractivity contribution in [3.63, 3.8) is 0 Å². The Morgan fingerprint density at radius 3 is 2.06 bits per heavy atom. The number of allylic oxidation sites excluding steroid dienone is 4. The van der Waals surface area contributed by atoms with Crippen LogP contribution in [0.5, 0.6) is 5.75 Å².